The van der Waals surface area contributed by atoms with Crippen LogP contribution in [0.4, 0.5) is 0 Å². The number of nitrogens with zero attached hydrogens (tertiary/aromatic N) is 1. The average Bonchev–Trinajstić information content (AvgIpc) is 2.47. The van der Waals surface area contributed by atoms with Gasteiger partial charge in [-0.2, -0.15) is 0 Å². The first-order valence-electron chi connectivity index (χ1n) is 7.91. The van der Waals surface area contributed by atoms with E-state index in [1.165, 1.54) is 31.4 Å². The van der Waals surface area contributed by atoms with E-state index in [1.54, 1.807) is 0 Å². The molecule has 1 aliphatic heterocycles. The fourth-order valence-electron chi connectivity index (χ4n) is 3.15. The van der Waals surface area contributed by atoms with Gasteiger partial charge in [-0.25, -0.2) is 0 Å². The van der Waals surface area contributed by atoms with Crippen LogP contribution in [0.1, 0.15) is 44.6 Å². The molecule has 1 aliphatic rings. The third-order valence-corrected chi connectivity index (χ3v) is 4.50. The van der Waals surface area contributed by atoms with E-state index in [0.29, 0.717) is 5.92 Å². The Morgan fingerprint density at radius 1 is 1.33 bits per heavy atom. The summed E-state index contributed by atoms with van der Waals surface area (Å²) in [6, 6.07) is 9.07. The van der Waals surface area contributed by atoms with Crippen molar-refractivity contribution in [1.29, 1.82) is 0 Å². The van der Waals surface area contributed by atoms with Crippen molar-refractivity contribution in [2.75, 3.05) is 26.2 Å². The minimum absolute atomic E-state index is 0. The van der Waals surface area contributed by atoms with Gasteiger partial charge in [0, 0.05) is 17.6 Å². The lowest BCUT2D eigenvalue weighted by Crippen LogP contribution is -2.44. The van der Waals surface area contributed by atoms with Crippen LogP contribution in [0, 0.1) is 0 Å². The van der Waals surface area contributed by atoms with Crippen LogP contribution in [-0.4, -0.2) is 37.1 Å². The maximum atomic E-state index is 6.11. The molecule has 0 radical (unpaired) electrons. The zero-order chi connectivity index (χ0) is 14.4. The summed E-state index contributed by atoms with van der Waals surface area (Å²) in [6.45, 7) is 9.26. The summed E-state index contributed by atoms with van der Waals surface area (Å²) in [6.07, 6.45) is 3.79. The first-order chi connectivity index (χ1) is 9.70. The number of benzene rings is 1. The molecule has 1 aromatic rings. The van der Waals surface area contributed by atoms with Crippen molar-refractivity contribution in [1.82, 2.24) is 10.2 Å². The van der Waals surface area contributed by atoms with Gasteiger partial charge in [0.2, 0.25) is 0 Å². The molecule has 1 N–H and O–H groups in total. The van der Waals surface area contributed by atoms with E-state index in [0.717, 1.165) is 30.7 Å². The Hall–Kier alpha value is -0.280. The molecule has 0 bridgehead atoms. The monoisotopic (exact) mass is 330 g/mol. The Balaban J connectivity index is 0.00000220. The fraction of sp³-hybridized carbons (Fsp3) is 0.647. The molecule has 120 valence electrons. The number of hydrogen-bond donors (Lipinski definition) is 1. The van der Waals surface area contributed by atoms with Crippen molar-refractivity contribution in [3.8, 4) is 0 Å². The summed E-state index contributed by atoms with van der Waals surface area (Å²) in [5.74, 6) is 0.537. The van der Waals surface area contributed by atoms with Crippen LogP contribution in [0.2, 0.25) is 5.02 Å². The Morgan fingerprint density at radius 3 is 2.67 bits per heavy atom. The van der Waals surface area contributed by atoms with Crippen molar-refractivity contribution in [3.05, 3.63) is 34.9 Å². The lowest BCUT2D eigenvalue weighted by molar-refractivity contribution is 0.155. The topological polar surface area (TPSA) is 15.3 Å². The van der Waals surface area contributed by atoms with E-state index in [1.807, 2.05) is 6.07 Å². The van der Waals surface area contributed by atoms with Gasteiger partial charge in [-0.1, -0.05) is 37.6 Å². The smallest absolute Gasteiger partial charge is 0.0408 e. The summed E-state index contributed by atoms with van der Waals surface area (Å²) in [4.78, 5) is 2.69. The Kier molecular flexibility index (Phi) is 8.65. The predicted octanol–water partition coefficient (Wildman–Crippen LogP) is 4.33. The van der Waals surface area contributed by atoms with Crippen molar-refractivity contribution in [3.63, 3.8) is 0 Å². The van der Waals surface area contributed by atoms with Gasteiger partial charge in [-0.3, -0.25) is 4.90 Å². The number of hydrogen-bond acceptors (Lipinski definition) is 2. The van der Waals surface area contributed by atoms with Crippen LogP contribution in [0.25, 0.3) is 0 Å². The predicted molar refractivity (Wildman–Crippen MR) is 94.9 cm³/mol. The zero-order valence-electron chi connectivity index (χ0n) is 13.1. The van der Waals surface area contributed by atoms with Gasteiger partial charge in [0.15, 0.2) is 0 Å². The van der Waals surface area contributed by atoms with Crippen LogP contribution in [-0.2, 0) is 0 Å². The molecule has 0 saturated carbocycles. The van der Waals surface area contributed by atoms with E-state index in [9.17, 15) is 0 Å². The molecule has 0 amide bonds. The molecule has 21 heavy (non-hydrogen) atoms. The zero-order valence-corrected chi connectivity index (χ0v) is 14.7. The molecule has 1 aromatic carbocycles. The Morgan fingerprint density at radius 2 is 2.05 bits per heavy atom. The third kappa shape index (κ3) is 5.78. The maximum Gasteiger partial charge on any atom is 0.0408 e. The van der Waals surface area contributed by atoms with Gasteiger partial charge in [0.1, 0.15) is 0 Å². The van der Waals surface area contributed by atoms with Crippen molar-refractivity contribution >= 4 is 24.0 Å². The van der Waals surface area contributed by atoms with Crippen LogP contribution in [0.3, 0.4) is 0 Å². The normalized spacial score (nSPS) is 17.5. The summed E-state index contributed by atoms with van der Waals surface area (Å²) in [5.41, 5.74) is 1.35. The van der Waals surface area contributed by atoms with E-state index in [-0.39, 0.29) is 12.4 Å². The van der Waals surface area contributed by atoms with E-state index >= 15 is 0 Å². The number of nitrogens with one attached hydrogen (secondary N) is 1. The Bertz CT molecular complexity index is 406. The van der Waals surface area contributed by atoms with Crippen LogP contribution < -0.4 is 5.32 Å². The van der Waals surface area contributed by atoms with Crippen LogP contribution in [0.5, 0.6) is 0 Å². The van der Waals surface area contributed by atoms with Gasteiger partial charge in [0.25, 0.3) is 0 Å². The molecule has 1 fully saturated rings. The minimum Gasteiger partial charge on any atom is -0.317 e. The van der Waals surface area contributed by atoms with Crippen molar-refractivity contribution in [2.45, 2.75) is 45.1 Å². The van der Waals surface area contributed by atoms with E-state index < -0.39 is 0 Å². The number of rotatable bonds is 6. The molecule has 2 rings (SSSR count). The van der Waals surface area contributed by atoms with E-state index in [4.69, 9.17) is 11.6 Å². The summed E-state index contributed by atoms with van der Waals surface area (Å²) >= 11 is 6.11. The maximum absolute atomic E-state index is 6.11. The summed E-state index contributed by atoms with van der Waals surface area (Å²) in [5, 5.41) is 4.31. The highest BCUT2D eigenvalue weighted by Crippen LogP contribution is 2.23. The summed E-state index contributed by atoms with van der Waals surface area (Å²) in [7, 11) is 0. The van der Waals surface area contributed by atoms with Gasteiger partial charge in [-0.05, 0) is 62.5 Å². The molecule has 2 nitrogen and oxygen atoms in total. The molecule has 1 unspecified atom stereocenters. The quantitative estimate of drug-likeness (QED) is 0.835. The first-order valence-corrected chi connectivity index (χ1v) is 8.28. The highest BCUT2D eigenvalue weighted by Gasteiger charge is 2.22. The van der Waals surface area contributed by atoms with E-state index in [2.05, 4.69) is 42.3 Å². The van der Waals surface area contributed by atoms with Gasteiger partial charge in [-0.15, -0.1) is 12.4 Å². The van der Waals surface area contributed by atoms with Gasteiger partial charge < -0.3 is 5.32 Å². The number of piperidine rings is 1. The molecule has 1 heterocycles. The highest BCUT2D eigenvalue weighted by atomic mass is 35.5. The van der Waals surface area contributed by atoms with Crippen LogP contribution in [0.15, 0.2) is 24.3 Å². The van der Waals surface area contributed by atoms with Gasteiger partial charge in [0.05, 0.1) is 0 Å². The number of halogens is 2. The molecule has 4 heteroatoms. The second kappa shape index (κ2) is 9.68. The molecule has 0 aromatic heterocycles. The molecular formula is C17H28Cl2N2. The molecule has 1 atom stereocenters. The highest BCUT2D eigenvalue weighted by molar-refractivity contribution is 6.30. The van der Waals surface area contributed by atoms with Gasteiger partial charge >= 0.3 is 0 Å². The lowest BCUT2D eigenvalue weighted by Gasteiger charge is -2.36. The second-order valence-electron chi connectivity index (χ2n) is 5.93. The van der Waals surface area contributed by atoms with Crippen molar-refractivity contribution in [2.24, 2.45) is 0 Å². The lowest BCUT2D eigenvalue weighted by atomic mass is 9.97. The molecular weight excluding hydrogens is 303 g/mol. The Labute approximate surface area is 140 Å². The minimum atomic E-state index is 0. The van der Waals surface area contributed by atoms with Crippen LogP contribution >= 0.6 is 24.0 Å². The molecule has 0 spiro atoms. The largest absolute Gasteiger partial charge is 0.317 e. The van der Waals surface area contributed by atoms with Crippen molar-refractivity contribution < 1.29 is 0 Å². The second-order valence-corrected chi connectivity index (χ2v) is 6.37. The summed E-state index contributed by atoms with van der Waals surface area (Å²) < 4.78 is 0. The fourth-order valence-corrected chi connectivity index (χ4v) is 3.35. The average molecular weight is 331 g/mol. The molecule has 0 aliphatic carbocycles. The SMILES string of the molecule is CCCN(CC(C)c1cccc(Cl)c1)C1CCNCC1.Cl. The standard InChI is InChI=1S/C17H27ClN2.ClH/c1-3-11-20(17-7-9-19-10-8-17)13-14(2)15-5-4-6-16(18)12-15;/h4-6,12,14,17,19H,3,7-11,13H2,1-2H3;1H. The third-order valence-electron chi connectivity index (χ3n) is 4.26. The molecule has 1 saturated heterocycles. The first kappa shape index (κ1) is 18.8.